The van der Waals surface area contributed by atoms with Crippen LogP contribution < -0.4 is 0 Å². The maximum atomic E-state index is 10.2. The van der Waals surface area contributed by atoms with Gasteiger partial charge >= 0.3 is 5.97 Å². The number of carboxylic acids is 1. The van der Waals surface area contributed by atoms with Crippen LogP contribution in [0.1, 0.15) is 13.3 Å². The van der Waals surface area contributed by atoms with E-state index in [1.807, 2.05) is 6.92 Å². The summed E-state index contributed by atoms with van der Waals surface area (Å²) in [6.45, 7) is 2.74. The van der Waals surface area contributed by atoms with E-state index in [4.69, 9.17) is 9.84 Å². The van der Waals surface area contributed by atoms with E-state index >= 15 is 0 Å². The molecule has 0 aromatic carbocycles. The smallest absolute Gasteiger partial charge is 0.305 e. The quantitative estimate of drug-likeness (QED) is 0.603. The monoisotopic (exact) mass is 160 g/mol. The lowest BCUT2D eigenvalue weighted by Gasteiger charge is -2.41. The largest absolute Gasteiger partial charge is 0.481 e. The maximum Gasteiger partial charge on any atom is 0.305 e. The van der Waals surface area contributed by atoms with Crippen molar-refractivity contribution in [3.05, 3.63) is 0 Å². The lowest BCUT2D eigenvalue weighted by atomic mass is 9.81. The molecule has 1 heterocycles. The van der Waals surface area contributed by atoms with Gasteiger partial charge in [-0.25, -0.2) is 0 Å². The van der Waals surface area contributed by atoms with Crippen LogP contribution in [0.5, 0.6) is 0 Å². The molecule has 0 radical (unpaired) electrons. The van der Waals surface area contributed by atoms with Gasteiger partial charge in [-0.2, -0.15) is 0 Å². The first-order valence-corrected chi connectivity index (χ1v) is 3.52. The summed E-state index contributed by atoms with van der Waals surface area (Å²) in [5.74, 6) is -0.967. The van der Waals surface area contributed by atoms with Crippen LogP contribution in [0.3, 0.4) is 0 Å². The predicted octanol–water partition coefficient (Wildman–Crippen LogP) is -0.141. The Hall–Kier alpha value is -0.610. The summed E-state index contributed by atoms with van der Waals surface area (Å²) in [7, 11) is 0. The van der Waals surface area contributed by atoms with Crippen molar-refractivity contribution in [2.75, 3.05) is 13.2 Å². The van der Waals surface area contributed by atoms with Crippen molar-refractivity contribution in [1.29, 1.82) is 0 Å². The molecule has 0 amide bonds. The van der Waals surface area contributed by atoms with Gasteiger partial charge < -0.3 is 14.9 Å². The molecule has 1 aliphatic heterocycles. The zero-order valence-corrected chi connectivity index (χ0v) is 6.41. The third-order valence-electron chi connectivity index (χ3n) is 2.04. The van der Waals surface area contributed by atoms with Crippen molar-refractivity contribution in [1.82, 2.24) is 0 Å². The Kier molecular flexibility index (Phi) is 2.15. The highest BCUT2D eigenvalue weighted by atomic mass is 16.5. The summed E-state index contributed by atoms with van der Waals surface area (Å²) in [5, 5.41) is 17.7. The molecular formula is C7H12O4. The Balaban J connectivity index is 2.40. The van der Waals surface area contributed by atoms with E-state index in [9.17, 15) is 9.90 Å². The van der Waals surface area contributed by atoms with Gasteiger partial charge in [0.15, 0.2) is 0 Å². The first-order valence-electron chi connectivity index (χ1n) is 3.52. The minimum atomic E-state index is -0.967. The standard InChI is InChI=1S/C7H12O4/c1-7(3-11-4-7)5(8)2-6(9)10/h5,8H,2-4H2,1H3,(H,9,10)/t5-/m1/s1. The normalized spacial score (nSPS) is 23.8. The van der Waals surface area contributed by atoms with Crippen LogP contribution in [0, 0.1) is 5.41 Å². The van der Waals surface area contributed by atoms with Crippen LogP contribution in [-0.2, 0) is 9.53 Å². The number of aliphatic hydroxyl groups is 1. The number of hydrogen-bond acceptors (Lipinski definition) is 3. The molecule has 11 heavy (non-hydrogen) atoms. The molecule has 0 saturated carbocycles. The molecule has 2 N–H and O–H groups in total. The van der Waals surface area contributed by atoms with Gasteiger partial charge in [-0.05, 0) is 0 Å². The molecule has 1 fully saturated rings. The van der Waals surface area contributed by atoms with E-state index in [1.54, 1.807) is 0 Å². The average molecular weight is 160 g/mol. The zero-order valence-electron chi connectivity index (χ0n) is 6.41. The first kappa shape index (κ1) is 8.49. The van der Waals surface area contributed by atoms with Gasteiger partial charge in [0, 0.05) is 5.41 Å². The number of hydrogen-bond donors (Lipinski definition) is 2. The molecule has 1 rings (SSSR count). The minimum Gasteiger partial charge on any atom is -0.481 e. The minimum absolute atomic E-state index is 0.195. The van der Waals surface area contributed by atoms with Crippen molar-refractivity contribution in [2.45, 2.75) is 19.4 Å². The molecule has 0 spiro atoms. The Morgan fingerprint density at radius 2 is 2.27 bits per heavy atom. The van der Waals surface area contributed by atoms with Gasteiger partial charge in [0.2, 0.25) is 0 Å². The molecule has 64 valence electrons. The summed E-state index contributed by atoms with van der Waals surface area (Å²) in [6.07, 6.45) is -0.978. The average Bonchev–Trinajstić information content (AvgIpc) is 1.81. The van der Waals surface area contributed by atoms with Crippen molar-refractivity contribution in [3.8, 4) is 0 Å². The van der Waals surface area contributed by atoms with Gasteiger partial charge in [-0.3, -0.25) is 4.79 Å². The number of ether oxygens (including phenoxy) is 1. The molecule has 0 aromatic heterocycles. The Bertz CT molecular complexity index is 162. The van der Waals surface area contributed by atoms with Crippen molar-refractivity contribution < 1.29 is 19.7 Å². The van der Waals surface area contributed by atoms with E-state index in [1.165, 1.54) is 0 Å². The highest BCUT2D eigenvalue weighted by molar-refractivity contribution is 5.67. The van der Waals surface area contributed by atoms with E-state index < -0.39 is 12.1 Å². The van der Waals surface area contributed by atoms with Crippen LogP contribution in [0.15, 0.2) is 0 Å². The Labute approximate surface area is 64.8 Å². The van der Waals surface area contributed by atoms with E-state index in [2.05, 4.69) is 0 Å². The second kappa shape index (κ2) is 2.79. The van der Waals surface area contributed by atoms with Gasteiger partial charge in [0.25, 0.3) is 0 Å². The maximum absolute atomic E-state index is 10.2. The second-order valence-corrected chi connectivity index (χ2v) is 3.26. The first-order chi connectivity index (χ1) is 5.04. The number of carbonyl (C=O) groups is 1. The Morgan fingerprint density at radius 3 is 2.55 bits per heavy atom. The fourth-order valence-corrected chi connectivity index (χ4v) is 1.03. The molecule has 0 unspecified atom stereocenters. The predicted molar refractivity (Wildman–Crippen MR) is 37.2 cm³/mol. The summed E-state index contributed by atoms with van der Waals surface area (Å²) in [4.78, 5) is 10.2. The molecule has 0 bridgehead atoms. The third-order valence-corrected chi connectivity index (χ3v) is 2.04. The van der Waals surface area contributed by atoms with Crippen LogP contribution in [0.4, 0.5) is 0 Å². The van der Waals surface area contributed by atoms with Crippen LogP contribution in [0.25, 0.3) is 0 Å². The lowest BCUT2D eigenvalue weighted by molar-refractivity contribution is -0.171. The highest BCUT2D eigenvalue weighted by Crippen LogP contribution is 2.31. The lowest BCUT2D eigenvalue weighted by Crippen LogP contribution is -2.49. The number of rotatable bonds is 3. The molecule has 0 aromatic rings. The number of carboxylic acid groups (broad SMARTS) is 1. The molecule has 0 aliphatic carbocycles. The van der Waals surface area contributed by atoms with Crippen LogP contribution in [0.2, 0.25) is 0 Å². The molecule has 4 nitrogen and oxygen atoms in total. The molecule has 1 aliphatic rings. The fraction of sp³-hybridized carbons (Fsp3) is 0.857. The Morgan fingerprint density at radius 1 is 1.73 bits per heavy atom. The van der Waals surface area contributed by atoms with E-state index in [0.717, 1.165) is 0 Å². The van der Waals surface area contributed by atoms with Gasteiger partial charge in [0.05, 0.1) is 25.7 Å². The van der Waals surface area contributed by atoms with Crippen molar-refractivity contribution in [3.63, 3.8) is 0 Å². The highest BCUT2D eigenvalue weighted by Gasteiger charge is 2.41. The molecule has 1 atom stereocenters. The zero-order chi connectivity index (χ0) is 8.48. The van der Waals surface area contributed by atoms with Crippen LogP contribution in [-0.4, -0.2) is 35.5 Å². The van der Waals surface area contributed by atoms with E-state index in [0.29, 0.717) is 13.2 Å². The van der Waals surface area contributed by atoms with Gasteiger partial charge in [-0.1, -0.05) is 6.92 Å². The topological polar surface area (TPSA) is 66.8 Å². The van der Waals surface area contributed by atoms with Crippen molar-refractivity contribution >= 4 is 5.97 Å². The summed E-state index contributed by atoms with van der Waals surface area (Å²) in [5.41, 5.74) is -0.335. The number of aliphatic hydroxyl groups excluding tert-OH is 1. The van der Waals surface area contributed by atoms with Gasteiger partial charge in [0.1, 0.15) is 0 Å². The van der Waals surface area contributed by atoms with E-state index in [-0.39, 0.29) is 11.8 Å². The molecular weight excluding hydrogens is 148 g/mol. The fourth-order valence-electron chi connectivity index (χ4n) is 1.03. The number of aliphatic carboxylic acids is 1. The summed E-state index contributed by atoms with van der Waals surface area (Å²) >= 11 is 0. The second-order valence-electron chi connectivity index (χ2n) is 3.26. The summed E-state index contributed by atoms with van der Waals surface area (Å²) in [6, 6.07) is 0. The molecule has 1 saturated heterocycles. The third kappa shape index (κ3) is 1.70. The molecule has 4 heteroatoms. The summed E-state index contributed by atoms with van der Waals surface area (Å²) < 4.78 is 4.89. The van der Waals surface area contributed by atoms with Crippen molar-refractivity contribution in [2.24, 2.45) is 5.41 Å². The van der Waals surface area contributed by atoms with Gasteiger partial charge in [-0.15, -0.1) is 0 Å². The SMILES string of the molecule is CC1([C@H](O)CC(=O)O)COC1. The van der Waals surface area contributed by atoms with Crippen LogP contribution >= 0.6 is 0 Å².